The van der Waals surface area contributed by atoms with Gasteiger partial charge < -0.3 is 0 Å². The summed E-state index contributed by atoms with van der Waals surface area (Å²) in [5.41, 5.74) is 3.48. The number of fused-ring (bicyclic) bond motifs is 1. The van der Waals surface area contributed by atoms with E-state index >= 15 is 0 Å². The third-order valence-electron chi connectivity index (χ3n) is 4.98. The molecule has 3 aromatic rings. The van der Waals surface area contributed by atoms with Crippen molar-refractivity contribution in [2.24, 2.45) is 0 Å². The summed E-state index contributed by atoms with van der Waals surface area (Å²) in [6, 6.07) is 21.7. The highest BCUT2D eigenvalue weighted by Crippen LogP contribution is 2.33. The molecule has 1 aliphatic rings. The third-order valence-corrected chi connectivity index (χ3v) is 5.72. The molecule has 0 aromatic heterocycles. The molecule has 0 aliphatic heterocycles. The van der Waals surface area contributed by atoms with E-state index in [0.717, 1.165) is 11.1 Å². The van der Waals surface area contributed by atoms with E-state index in [1.807, 2.05) is 36.4 Å². The molecule has 0 N–H and O–H groups in total. The molecule has 0 amide bonds. The molecule has 0 fully saturated rings. The normalized spacial score (nSPS) is 13.6. The summed E-state index contributed by atoms with van der Waals surface area (Å²) in [5.74, 6) is -0.255. The van der Waals surface area contributed by atoms with Crippen LogP contribution in [0.25, 0.3) is 0 Å². The molecule has 28 heavy (non-hydrogen) atoms. The quantitative estimate of drug-likeness (QED) is 0.520. The van der Waals surface area contributed by atoms with E-state index in [0.29, 0.717) is 45.2 Å². The molecule has 0 saturated heterocycles. The molecule has 3 aromatic carbocycles. The average molecular weight is 407 g/mol. The number of hydrogen-bond donors (Lipinski definition) is 0. The summed E-state index contributed by atoms with van der Waals surface area (Å²) in [5, 5.41) is 1.15. The van der Waals surface area contributed by atoms with Gasteiger partial charge >= 0.3 is 0 Å². The molecule has 2 nitrogen and oxygen atoms in total. The molecule has 0 atom stereocenters. The standard InChI is InChI=1S/C24H16Cl2O2/c25-21-11-5-1-7-15(21)13-19-20(14-16-8-2-6-12-22(16)26)24(28)18-10-4-3-9-17(18)23(19)27/h1-12H,13-14H2. The van der Waals surface area contributed by atoms with Gasteiger partial charge in [0.25, 0.3) is 0 Å². The van der Waals surface area contributed by atoms with Crippen LogP contribution in [0, 0.1) is 0 Å². The monoisotopic (exact) mass is 406 g/mol. The molecular weight excluding hydrogens is 391 g/mol. The van der Waals surface area contributed by atoms with E-state index in [-0.39, 0.29) is 11.6 Å². The van der Waals surface area contributed by atoms with Crippen molar-refractivity contribution in [1.29, 1.82) is 0 Å². The smallest absolute Gasteiger partial charge is 0.190 e. The van der Waals surface area contributed by atoms with Crippen molar-refractivity contribution in [2.75, 3.05) is 0 Å². The Morgan fingerprint density at radius 1 is 0.536 bits per heavy atom. The zero-order valence-corrected chi connectivity index (χ0v) is 16.4. The van der Waals surface area contributed by atoms with Gasteiger partial charge in [-0.25, -0.2) is 0 Å². The molecule has 1 aliphatic carbocycles. The van der Waals surface area contributed by atoms with Crippen molar-refractivity contribution < 1.29 is 9.59 Å². The van der Waals surface area contributed by atoms with E-state index in [4.69, 9.17) is 23.2 Å². The largest absolute Gasteiger partial charge is 0.289 e. The molecule has 138 valence electrons. The van der Waals surface area contributed by atoms with Gasteiger partial charge in [0.2, 0.25) is 0 Å². The van der Waals surface area contributed by atoms with Crippen LogP contribution in [0.2, 0.25) is 10.0 Å². The predicted molar refractivity (Wildman–Crippen MR) is 112 cm³/mol. The van der Waals surface area contributed by atoms with Crippen molar-refractivity contribution in [3.8, 4) is 0 Å². The minimum atomic E-state index is -0.128. The summed E-state index contributed by atoms with van der Waals surface area (Å²) in [4.78, 5) is 26.6. The maximum absolute atomic E-state index is 13.3. The number of benzene rings is 3. The average Bonchev–Trinajstić information content (AvgIpc) is 2.71. The lowest BCUT2D eigenvalue weighted by atomic mass is 9.79. The number of carbonyl (C=O) groups is 2. The number of carbonyl (C=O) groups excluding carboxylic acids is 2. The Morgan fingerprint density at radius 3 is 1.29 bits per heavy atom. The van der Waals surface area contributed by atoms with Crippen molar-refractivity contribution >= 4 is 34.8 Å². The zero-order valence-electron chi connectivity index (χ0n) is 14.9. The fourth-order valence-electron chi connectivity index (χ4n) is 3.52. The van der Waals surface area contributed by atoms with E-state index in [1.54, 1.807) is 36.4 Å². The Kier molecular flexibility index (Phi) is 5.17. The maximum Gasteiger partial charge on any atom is 0.190 e. The fourth-order valence-corrected chi connectivity index (χ4v) is 3.92. The van der Waals surface area contributed by atoms with Crippen LogP contribution in [0.4, 0.5) is 0 Å². The molecule has 0 radical (unpaired) electrons. The fraction of sp³-hybridized carbons (Fsp3) is 0.0833. The van der Waals surface area contributed by atoms with Crippen LogP contribution in [-0.2, 0) is 12.8 Å². The Morgan fingerprint density at radius 2 is 0.893 bits per heavy atom. The summed E-state index contributed by atoms with van der Waals surface area (Å²) < 4.78 is 0. The molecule has 0 saturated carbocycles. The van der Waals surface area contributed by atoms with E-state index in [1.165, 1.54) is 0 Å². The van der Waals surface area contributed by atoms with Gasteiger partial charge in [-0.1, -0.05) is 83.9 Å². The summed E-state index contributed by atoms with van der Waals surface area (Å²) in [6.45, 7) is 0. The van der Waals surface area contributed by atoms with E-state index in [9.17, 15) is 9.59 Å². The highest BCUT2D eigenvalue weighted by atomic mass is 35.5. The second kappa shape index (κ2) is 7.75. The van der Waals surface area contributed by atoms with Gasteiger partial charge in [0.1, 0.15) is 0 Å². The Balaban J connectivity index is 1.86. The Hall–Kier alpha value is -2.68. The number of ketones is 2. The third kappa shape index (κ3) is 3.42. The molecule has 0 spiro atoms. The first kappa shape index (κ1) is 18.7. The Bertz CT molecular complexity index is 1040. The Labute approximate surface area is 173 Å². The van der Waals surface area contributed by atoms with Gasteiger partial charge in [-0.05, 0) is 23.3 Å². The van der Waals surface area contributed by atoms with Gasteiger partial charge in [-0.3, -0.25) is 9.59 Å². The second-order valence-corrected chi connectivity index (χ2v) is 7.51. The molecule has 0 bridgehead atoms. The summed E-state index contributed by atoms with van der Waals surface area (Å²) in [6.07, 6.45) is 0.608. The van der Waals surface area contributed by atoms with Crippen LogP contribution in [0.15, 0.2) is 83.9 Å². The van der Waals surface area contributed by atoms with Gasteiger partial charge in [0.05, 0.1) is 0 Å². The van der Waals surface area contributed by atoms with Crippen molar-refractivity contribution in [2.45, 2.75) is 12.8 Å². The second-order valence-electron chi connectivity index (χ2n) is 6.70. The SMILES string of the molecule is O=C1C(Cc2ccccc2Cl)=C(Cc2ccccc2Cl)C(=O)c2ccccc21. The first-order valence-corrected chi connectivity index (χ1v) is 9.69. The van der Waals surface area contributed by atoms with E-state index in [2.05, 4.69) is 0 Å². The minimum Gasteiger partial charge on any atom is -0.289 e. The van der Waals surface area contributed by atoms with Crippen LogP contribution < -0.4 is 0 Å². The van der Waals surface area contributed by atoms with Crippen LogP contribution >= 0.6 is 23.2 Å². The lowest BCUT2D eigenvalue weighted by molar-refractivity contribution is 0.0971. The van der Waals surface area contributed by atoms with Crippen molar-refractivity contribution in [3.63, 3.8) is 0 Å². The molecule has 4 heteroatoms. The summed E-state index contributed by atoms with van der Waals surface area (Å²) >= 11 is 12.6. The number of rotatable bonds is 4. The summed E-state index contributed by atoms with van der Waals surface area (Å²) in [7, 11) is 0. The molecule has 0 heterocycles. The number of Topliss-reactive ketones (excluding diaryl/α,β-unsaturated/α-hetero) is 2. The first-order valence-electron chi connectivity index (χ1n) is 8.93. The number of allylic oxidation sites excluding steroid dienone is 2. The maximum atomic E-state index is 13.3. The minimum absolute atomic E-state index is 0.128. The van der Waals surface area contributed by atoms with E-state index < -0.39 is 0 Å². The van der Waals surface area contributed by atoms with Crippen molar-refractivity contribution in [1.82, 2.24) is 0 Å². The number of hydrogen-bond acceptors (Lipinski definition) is 2. The van der Waals surface area contributed by atoms with Gasteiger partial charge in [-0.2, -0.15) is 0 Å². The zero-order chi connectivity index (χ0) is 19.7. The topological polar surface area (TPSA) is 34.1 Å². The van der Waals surface area contributed by atoms with Gasteiger partial charge in [0, 0.05) is 45.2 Å². The highest BCUT2D eigenvalue weighted by Gasteiger charge is 2.32. The highest BCUT2D eigenvalue weighted by molar-refractivity contribution is 6.32. The number of halogens is 2. The lowest BCUT2D eigenvalue weighted by Gasteiger charge is -2.22. The molecular formula is C24H16Cl2O2. The van der Waals surface area contributed by atoms with Crippen LogP contribution in [-0.4, -0.2) is 11.6 Å². The van der Waals surface area contributed by atoms with Crippen molar-refractivity contribution in [3.05, 3.63) is 116 Å². The van der Waals surface area contributed by atoms with Crippen LogP contribution in [0.1, 0.15) is 31.8 Å². The first-order chi connectivity index (χ1) is 13.6. The molecule has 4 rings (SSSR count). The predicted octanol–water partition coefficient (Wildman–Crippen LogP) is 6.15. The van der Waals surface area contributed by atoms with Crippen LogP contribution in [0.3, 0.4) is 0 Å². The van der Waals surface area contributed by atoms with Gasteiger partial charge in [-0.15, -0.1) is 0 Å². The lowest BCUT2D eigenvalue weighted by Crippen LogP contribution is -2.24. The van der Waals surface area contributed by atoms with Crippen LogP contribution in [0.5, 0.6) is 0 Å². The molecule has 0 unspecified atom stereocenters. The van der Waals surface area contributed by atoms with Gasteiger partial charge in [0.15, 0.2) is 11.6 Å².